The van der Waals surface area contributed by atoms with Gasteiger partial charge in [0.05, 0.1) is 5.52 Å². The Morgan fingerprint density at radius 1 is 0.553 bits per heavy atom. The van der Waals surface area contributed by atoms with Crippen LogP contribution in [-0.4, -0.2) is 14.5 Å². The Balaban J connectivity index is 0.00000324. The van der Waals surface area contributed by atoms with Gasteiger partial charge >= 0.3 is 21.1 Å². The summed E-state index contributed by atoms with van der Waals surface area (Å²) in [6, 6.07) is 58.5. The van der Waals surface area contributed by atoms with E-state index in [1.807, 2.05) is 36.5 Å². The van der Waals surface area contributed by atoms with Crippen molar-refractivity contribution in [2.24, 2.45) is 0 Å². The van der Waals surface area contributed by atoms with E-state index in [1.54, 1.807) is 11.3 Å². The van der Waals surface area contributed by atoms with E-state index < -0.39 is 0 Å². The molecule has 224 valence electrons. The van der Waals surface area contributed by atoms with Crippen molar-refractivity contribution < 1.29 is 21.1 Å². The minimum Gasteiger partial charge on any atom is -0.345 e. The second-order valence-electron chi connectivity index (χ2n) is 11.3. The topological polar surface area (TPSA) is 30.7 Å². The van der Waals surface area contributed by atoms with Crippen LogP contribution in [0.25, 0.3) is 81.8 Å². The van der Waals surface area contributed by atoms with E-state index in [0.717, 1.165) is 60.6 Å². The molecule has 0 saturated carbocycles. The fourth-order valence-corrected chi connectivity index (χ4v) is 7.22. The number of para-hydroxylation sites is 2. The summed E-state index contributed by atoms with van der Waals surface area (Å²) < 4.78 is 3.48. The molecule has 0 fully saturated rings. The number of pyridine rings is 1. The van der Waals surface area contributed by atoms with Gasteiger partial charge in [-0.15, -0.1) is 47.5 Å². The molecule has 47 heavy (non-hydrogen) atoms. The fourth-order valence-electron chi connectivity index (χ4n) is 6.27. The average Bonchev–Trinajstić information content (AvgIpc) is 3.71. The summed E-state index contributed by atoms with van der Waals surface area (Å²) in [5.41, 5.74) is 11.5. The first-order chi connectivity index (χ1) is 22.8. The number of aromatic nitrogens is 3. The summed E-state index contributed by atoms with van der Waals surface area (Å²) in [6.45, 7) is 0. The zero-order valence-electron chi connectivity index (χ0n) is 25.0. The third-order valence-electron chi connectivity index (χ3n) is 8.50. The van der Waals surface area contributed by atoms with Gasteiger partial charge in [0.1, 0.15) is 0 Å². The molecule has 0 atom stereocenters. The third-order valence-corrected chi connectivity index (χ3v) is 9.57. The van der Waals surface area contributed by atoms with E-state index in [0.29, 0.717) is 0 Å². The molecule has 0 aliphatic heterocycles. The SMILES string of the molecule is [Pt+2].[c-]1c(-c2ccccn2)ccc(-c2ccc(-c3ccccc3)cc2)c1-n1c2[c-]c(-c3nc4ccccc4s3)ccc2c2ccccc21. The van der Waals surface area contributed by atoms with Crippen molar-refractivity contribution in [1.29, 1.82) is 0 Å². The van der Waals surface area contributed by atoms with Crippen molar-refractivity contribution in [3.8, 4) is 49.8 Å². The summed E-state index contributed by atoms with van der Waals surface area (Å²) in [7, 11) is 0. The second-order valence-corrected chi connectivity index (χ2v) is 12.3. The van der Waals surface area contributed by atoms with E-state index in [-0.39, 0.29) is 21.1 Å². The monoisotopic (exact) mass is 798 g/mol. The smallest absolute Gasteiger partial charge is 0.345 e. The number of fused-ring (bicyclic) bond motifs is 4. The zero-order chi connectivity index (χ0) is 30.5. The number of hydrogen-bond acceptors (Lipinski definition) is 3. The van der Waals surface area contributed by atoms with Crippen LogP contribution < -0.4 is 0 Å². The van der Waals surface area contributed by atoms with E-state index in [2.05, 4.69) is 137 Å². The van der Waals surface area contributed by atoms with Crippen molar-refractivity contribution in [3.63, 3.8) is 0 Å². The van der Waals surface area contributed by atoms with E-state index in [9.17, 15) is 0 Å². The molecule has 3 aromatic heterocycles. The van der Waals surface area contributed by atoms with Gasteiger partial charge in [-0.05, 0) is 57.7 Å². The standard InChI is InChI=1S/C42H25N3S.Pt/c1-2-10-28(11-3-1)29-17-19-30(20-18-29)33-23-21-31(36-13-8-9-25-43-36)26-39(33)45-38-15-6-4-12-34(38)35-24-22-32(27-40(35)45)42-44-37-14-5-7-16-41(37)46-42;/h1-25H;/q-2;+2. The first-order valence-corrected chi connectivity index (χ1v) is 16.1. The van der Waals surface area contributed by atoms with Gasteiger partial charge in [-0.3, -0.25) is 4.98 Å². The minimum atomic E-state index is 0. The predicted molar refractivity (Wildman–Crippen MR) is 191 cm³/mol. The van der Waals surface area contributed by atoms with Crippen LogP contribution in [-0.2, 0) is 21.1 Å². The maximum absolute atomic E-state index is 4.96. The molecule has 0 saturated heterocycles. The Kier molecular flexibility index (Phi) is 7.61. The Hall–Kier alpha value is -5.15. The Morgan fingerprint density at radius 2 is 1.28 bits per heavy atom. The molecular weight excluding hydrogens is 774 g/mol. The molecule has 0 bridgehead atoms. The van der Waals surface area contributed by atoms with Crippen LogP contribution in [0.4, 0.5) is 0 Å². The normalized spacial score (nSPS) is 11.2. The zero-order valence-corrected chi connectivity index (χ0v) is 28.1. The number of nitrogens with zero attached hydrogens (tertiary/aromatic N) is 3. The van der Waals surface area contributed by atoms with Crippen molar-refractivity contribution >= 4 is 43.4 Å². The van der Waals surface area contributed by atoms with Gasteiger partial charge in [0.2, 0.25) is 0 Å². The van der Waals surface area contributed by atoms with Gasteiger partial charge < -0.3 is 9.55 Å². The molecule has 0 N–H and O–H groups in total. The Morgan fingerprint density at radius 3 is 2.11 bits per heavy atom. The molecule has 0 aliphatic rings. The maximum Gasteiger partial charge on any atom is 2.00 e. The molecule has 3 heterocycles. The van der Waals surface area contributed by atoms with Gasteiger partial charge in [0.25, 0.3) is 0 Å². The summed E-state index contributed by atoms with van der Waals surface area (Å²) in [4.78, 5) is 9.62. The molecule has 0 aliphatic carbocycles. The predicted octanol–water partition coefficient (Wildman–Crippen LogP) is 11.1. The van der Waals surface area contributed by atoms with Crippen LogP contribution >= 0.6 is 11.3 Å². The number of rotatable bonds is 5. The van der Waals surface area contributed by atoms with Crippen LogP contribution in [0, 0.1) is 12.1 Å². The fraction of sp³-hybridized carbons (Fsp3) is 0. The summed E-state index contributed by atoms with van der Waals surface area (Å²) in [5, 5.41) is 3.27. The molecule has 3 nitrogen and oxygen atoms in total. The van der Waals surface area contributed by atoms with E-state index >= 15 is 0 Å². The van der Waals surface area contributed by atoms with Gasteiger partial charge in [0, 0.05) is 21.4 Å². The second kappa shape index (κ2) is 12.2. The first-order valence-electron chi connectivity index (χ1n) is 15.3. The number of hydrogen-bond donors (Lipinski definition) is 0. The van der Waals surface area contributed by atoms with Crippen molar-refractivity contribution in [3.05, 3.63) is 164 Å². The van der Waals surface area contributed by atoms with Crippen LogP contribution in [0.5, 0.6) is 0 Å². The summed E-state index contributed by atoms with van der Waals surface area (Å²) in [6.07, 6.45) is 1.83. The van der Waals surface area contributed by atoms with E-state index in [4.69, 9.17) is 4.98 Å². The summed E-state index contributed by atoms with van der Waals surface area (Å²) in [5.74, 6) is 0. The van der Waals surface area contributed by atoms with Crippen LogP contribution in [0.1, 0.15) is 0 Å². The largest absolute Gasteiger partial charge is 2.00 e. The van der Waals surface area contributed by atoms with E-state index in [1.165, 1.54) is 21.2 Å². The number of thiazole rings is 1. The molecule has 0 spiro atoms. The average molecular weight is 799 g/mol. The van der Waals surface area contributed by atoms with Crippen molar-refractivity contribution in [1.82, 2.24) is 14.5 Å². The van der Waals surface area contributed by atoms with Crippen molar-refractivity contribution in [2.75, 3.05) is 0 Å². The molecule has 5 heteroatoms. The minimum absolute atomic E-state index is 0. The quantitative estimate of drug-likeness (QED) is 0.162. The van der Waals surface area contributed by atoms with Gasteiger partial charge in [-0.25, -0.2) is 0 Å². The molecule has 6 aromatic carbocycles. The van der Waals surface area contributed by atoms with Crippen molar-refractivity contribution in [2.45, 2.75) is 0 Å². The van der Waals surface area contributed by atoms with Gasteiger partial charge in [-0.2, -0.15) is 11.3 Å². The first kappa shape index (κ1) is 29.3. The molecule has 9 rings (SSSR count). The summed E-state index contributed by atoms with van der Waals surface area (Å²) >= 11 is 1.70. The Labute approximate surface area is 291 Å². The molecule has 9 aromatic rings. The maximum atomic E-state index is 4.96. The Bertz CT molecular complexity index is 2480. The number of benzene rings is 6. The van der Waals surface area contributed by atoms with Crippen LogP contribution in [0.15, 0.2) is 152 Å². The van der Waals surface area contributed by atoms with Crippen LogP contribution in [0.3, 0.4) is 0 Å². The third kappa shape index (κ3) is 5.20. The van der Waals surface area contributed by atoms with Gasteiger partial charge in [-0.1, -0.05) is 114 Å². The molecule has 0 unspecified atom stereocenters. The molecular formula is C42H25N3PtS. The molecule has 0 radical (unpaired) electrons. The van der Waals surface area contributed by atoms with Gasteiger partial charge in [0.15, 0.2) is 0 Å². The van der Waals surface area contributed by atoms with Crippen LogP contribution in [0.2, 0.25) is 0 Å². The molecule has 0 amide bonds.